The molecule has 0 saturated carbocycles. The van der Waals surface area contributed by atoms with Crippen molar-refractivity contribution in [2.45, 2.75) is 33.2 Å². The van der Waals surface area contributed by atoms with Crippen LogP contribution in [0, 0.1) is 6.92 Å². The highest BCUT2D eigenvalue weighted by atomic mass is 35.5. The van der Waals surface area contributed by atoms with Gasteiger partial charge in [-0.25, -0.2) is 9.97 Å². The lowest BCUT2D eigenvalue weighted by Crippen LogP contribution is -2.27. The molecule has 128 valence electrons. The average molecular weight is 349 g/mol. The SMILES string of the molecule is COc1ccc(Cl)cc1NC(=O)c1cc(NC(C)(C)C)nc(C)n1. The number of carbonyl (C=O) groups excluding carboxylic acids is 1. The summed E-state index contributed by atoms with van der Waals surface area (Å²) in [6.07, 6.45) is 0. The topological polar surface area (TPSA) is 76.1 Å². The number of hydrogen-bond donors (Lipinski definition) is 2. The molecule has 0 bridgehead atoms. The van der Waals surface area contributed by atoms with E-state index in [0.29, 0.717) is 28.1 Å². The molecule has 0 radical (unpaired) electrons. The Hall–Kier alpha value is -2.34. The van der Waals surface area contributed by atoms with Gasteiger partial charge in [0.1, 0.15) is 23.1 Å². The van der Waals surface area contributed by atoms with Crippen molar-refractivity contribution < 1.29 is 9.53 Å². The van der Waals surface area contributed by atoms with E-state index in [1.807, 2.05) is 20.8 Å². The Labute approximate surface area is 146 Å². The molecule has 0 unspecified atom stereocenters. The molecule has 1 heterocycles. The second kappa shape index (κ2) is 7.05. The number of anilines is 2. The lowest BCUT2D eigenvalue weighted by Gasteiger charge is -2.21. The second-order valence-electron chi connectivity index (χ2n) is 6.36. The molecule has 6 nitrogen and oxygen atoms in total. The summed E-state index contributed by atoms with van der Waals surface area (Å²) < 4.78 is 5.23. The molecule has 2 rings (SSSR count). The van der Waals surface area contributed by atoms with Crippen LogP contribution < -0.4 is 15.4 Å². The Morgan fingerprint density at radius 3 is 2.54 bits per heavy atom. The van der Waals surface area contributed by atoms with Crippen LogP contribution in [0.15, 0.2) is 24.3 Å². The highest BCUT2D eigenvalue weighted by Crippen LogP contribution is 2.28. The molecular weight excluding hydrogens is 328 g/mol. The highest BCUT2D eigenvalue weighted by molar-refractivity contribution is 6.31. The number of hydrogen-bond acceptors (Lipinski definition) is 5. The molecule has 0 atom stereocenters. The predicted octanol–water partition coefficient (Wildman–Crippen LogP) is 3.91. The van der Waals surface area contributed by atoms with Gasteiger partial charge < -0.3 is 15.4 Å². The molecule has 2 aromatic rings. The van der Waals surface area contributed by atoms with E-state index < -0.39 is 0 Å². The summed E-state index contributed by atoms with van der Waals surface area (Å²) in [6, 6.07) is 6.62. The number of aromatic nitrogens is 2. The van der Waals surface area contributed by atoms with Gasteiger partial charge in [0.25, 0.3) is 5.91 Å². The van der Waals surface area contributed by atoms with Crippen LogP contribution in [0.25, 0.3) is 0 Å². The molecule has 7 heteroatoms. The monoisotopic (exact) mass is 348 g/mol. The first-order valence-corrected chi connectivity index (χ1v) is 7.84. The van der Waals surface area contributed by atoms with Crippen LogP contribution in [0.2, 0.25) is 5.02 Å². The Bertz CT molecular complexity index is 757. The van der Waals surface area contributed by atoms with E-state index in [4.69, 9.17) is 16.3 Å². The normalized spacial score (nSPS) is 11.1. The number of nitrogens with zero attached hydrogens (tertiary/aromatic N) is 2. The molecular formula is C17H21ClN4O2. The number of rotatable bonds is 4. The number of methoxy groups -OCH3 is 1. The fourth-order valence-corrected chi connectivity index (χ4v) is 2.27. The number of aryl methyl sites for hydroxylation is 1. The van der Waals surface area contributed by atoms with Gasteiger partial charge in [-0.2, -0.15) is 0 Å². The lowest BCUT2D eigenvalue weighted by atomic mass is 10.1. The van der Waals surface area contributed by atoms with Crippen molar-refractivity contribution in [1.29, 1.82) is 0 Å². The Balaban J connectivity index is 2.29. The number of amides is 1. The lowest BCUT2D eigenvalue weighted by molar-refractivity contribution is 0.102. The van der Waals surface area contributed by atoms with E-state index in [9.17, 15) is 4.79 Å². The fraction of sp³-hybridized carbons (Fsp3) is 0.353. The van der Waals surface area contributed by atoms with Crippen LogP contribution in [0.1, 0.15) is 37.1 Å². The van der Waals surface area contributed by atoms with E-state index in [1.54, 1.807) is 31.2 Å². The van der Waals surface area contributed by atoms with Crippen LogP contribution in [0.4, 0.5) is 11.5 Å². The summed E-state index contributed by atoms with van der Waals surface area (Å²) in [5.74, 6) is 1.26. The molecule has 0 fully saturated rings. The number of ether oxygens (including phenoxy) is 1. The molecule has 0 aliphatic carbocycles. The third kappa shape index (κ3) is 4.83. The van der Waals surface area contributed by atoms with Crippen LogP contribution in [0.5, 0.6) is 5.75 Å². The van der Waals surface area contributed by atoms with Gasteiger partial charge >= 0.3 is 0 Å². The van der Waals surface area contributed by atoms with Gasteiger partial charge in [-0.05, 0) is 45.9 Å². The van der Waals surface area contributed by atoms with Gasteiger partial charge in [0.2, 0.25) is 0 Å². The minimum atomic E-state index is -0.363. The van der Waals surface area contributed by atoms with Gasteiger partial charge in [-0.15, -0.1) is 0 Å². The average Bonchev–Trinajstić information content (AvgIpc) is 2.45. The van der Waals surface area contributed by atoms with Crippen LogP contribution in [-0.2, 0) is 0 Å². The summed E-state index contributed by atoms with van der Waals surface area (Å²) in [4.78, 5) is 21.0. The number of benzene rings is 1. The Morgan fingerprint density at radius 1 is 1.21 bits per heavy atom. The van der Waals surface area contributed by atoms with Gasteiger partial charge in [0.15, 0.2) is 0 Å². The maximum Gasteiger partial charge on any atom is 0.274 e. The van der Waals surface area contributed by atoms with Crippen LogP contribution >= 0.6 is 11.6 Å². The van der Waals surface area contributed by atoms with Crippen molar-refractivity contribution >= 4 is 29.0 Å². The summed E-state index contributed by atoms with van der Waals surface area (Å²) in [5, 5.41) is 6.51. The van der Waals surface area contributed by atoms with Crippen molar-refractivity contribution in [2.24, 2.45) is 0 Å². The second-order valence-corrected chi connectivity index (χ2v) is 6.80. The summed E-state index contributed by atoms with van der Waals surface area (Å²) in [5.41, 5.74) is 0.568. The maximum atomic E-state index is 12.5. The first-order valence-electron chi connectivity index (χ1n) is 7.47. The largest absolute Gasteiger partial charge is 0.495 e. The predicted molar refractivity (Wildman–Crippen MR) is 96.1 cm³/mol. The van der Waals surface area contributed by atoms with E-state index in [1.165, 1.54) is 7.11 Å². The van der Waals surface area contributed by atoms with Crippen molar-refractivity contribution in [2.75, 3.05) is 17.7 Å². The standard InChI is InChI=1S/C17H21ClN4O2/c1-10-19-13(9-15(20-10)22-17(2,3)4)16(23)21-12-8-11(18)6-7-14(12)24-5/h6-9H,1-5H3,(H,21,23)(H,19,20,22). The first-order chi connectivity index (χ1) is 11.2. The van der Waals surface area contributed by atoms with Crippen molar-refractivity contribution in [3.05, 3.63) is 40.8 Å². The molecule has 24 heavy (non-hydrogen) atoms. The Kier molecular flexibility index (Phi) is 5.29. The summed E-state index contributed by atoms with van der Waals surface area (Å²) in [7, 11) is 1.53. The van der Waals surface area contributed by atoms with Gasteiger partial charge in [-0.1, -0.05) is 11.6 Å². The van der Waals surface area contributed by atoms with Crippen LogP contribution in [-0.4, -0.2) is 28.5 Å². The van der Waals surface area contributed by atoms with Crippen molar-refractivity contribution in [3.63, 3.8) is 0 Å². The van der Waals surface area contributed by atoms with E-state index in [0.717, 1.165) is 0 Å². The molecule has 1 aromatic heterocycles. The third-order valence-corrected chi connectivity index (χ3v) is 3.22. The highest BCUT2D eigenvalue weighted by Gasteiger charge is 2.16. The smallest absolute Gasteiger partial charge is 0.274 e. The van der Waals surface area contributed by atoms with Gasteiger partial charge in [0.05, 0.1) is 12.8 Å². The molecule has 0 aliphatic rings. The quantitative estimate of drug-likeness (QED) is 0.876. The number of nitrogens with one attached hydrogen (secondary N) is 2. The molecule has 0 spiro atoms. The third-order valence-electron chi connectivity index (χ3n) is 2.98. The minimum absolute atomic E-state index is 0.176. The number of halogens is 1. The number of carbonyl (C=O) groups is 1. The Morgan fingerprint density at radius 2 is 1.92 bits per heavy atom. The molecule has 2 N–H and O–H groups in total. The van der Waals surface area contributed by atoms with E-state index in [2.05, 4.69) is 20.6 Å². The van der Waals surface area contributed by atoms with Crippen LogP contribution in [0.3, 0.4) is 0 Å². The fourth-order valence-electron chi connectivity index (χ4n) is 2.10. The molecule has 1 aromatic carbocycles. The van der Waals surface area contributed by atoms with E-state index >= 15 is 0 Å². The molecule has 0 aliphatic heterocycles. The first kappa shape index (κ1) is 18.0. The maximum absolute atomic E-state index is 12.5. The zero-order valence-corrected chi connectivity index (χ0v) is 15.2. The molecule has 1 amide bonds. The minimum Gasteiger partial charge on any atom is -0.495 e. The summed E-state index contributed by atoms with van der Waals surface area (Å²) >= 11 is 5.98. The zero-order valence-electron chi connectivity index (χ0n) is 14.4. The molecule has 0 saturated heterocycles. The van der Waals surface area contributed by atoms with Gasteiger partial charge in [-0.3, -0.25) is 4.79 Å². The van der Waals surface area contributed by atoms with Gasteiger partial charge in [0, 0.05) is 16.6 Å². The zero-order chi connectivity index (χ0) is 17.9. The van der Waals surface area contributed by atoms with Crippen molar-refractivity contribution in [1.82, 2.24) is 9.97 Å². The van der Waals surface area contributed by atoms with E-state index in [-0.39, 0.29) is 17.1 Å². The summed E-state index contributed by atoms with van der Waals surface area (Å²) in [6.45, 7) is 7.79. The van der Waals surface area contributed by atoms with Crippen molar-refractivity contribution in [3.8, 4) is 5.75 Å².